The van der Waals surface area contributed by atoms with E-state index in [1.165, 1.54) is 38.5 Å². The number of hydrogen-bond donors (Lipinski definition) is 0. The lowest BCUT2D eigenvalue weighted by molar-refractivity contribution is 0.642. The molecule has 2 heteroatoms. The van der Waals surface area contributed by atoms with Gasteiger partial charge in [0.15, 0.2) is 0 Å². The molecule has 130 valence electrons. The molecule has 0 aromatic carbocycles. The SMILES string of the molecule is CC1=C(C)CC(P2[C@@H](C)CCC2(C)C)=C(P2[C@@H](C)CC[C@@H]2C)C1. The maximum absolute atomic E-state index is 2.57. The summed E-state index contributed by atoms with van der Waals surface area (Å²) in [6.45, 7) is 17.6. The Labute approximate surface area is 147 Å². The average molecular weight is 350 g/mol. The fourth-order valence-electron chi connectivity index (χ4n) is 5.24. The molecule has 2 heterocycles. The Balaban J connectivity index is 2.05. The second-order valence-electron chi connectivity index (χ2n) is 9.06. The van der Waals surface area contributed by atoms with Crippen LogP contribution in [0.4, 0.5) is 0 Å². The van der Waals surface area contributed by atoms with Crippen LogP contribution >= 0.6 is 15.8 Å². The van der Waals surface area contributed by atoms with Gasteiger partial charge in [0.25, 0.3) is 0 Å². The molecule has 0 aromatic rings. The molecular formula is C21H36P2. The van der Waals surface area contributed by atoms with Crippen molar-refractivity contribution in [2.45, 2.75) is 109 Å². The highest BCUT2D eigenvalue weighted by atomic mass is 31.1. The van der Waals surface area contributed by atoms with Gasteiger partial charge in [-0.15, -0.1) is 0 Å². The van der Waals surface area contributed by atoms with Crippen molar-refractivity contribution in [3.8, 4) is 0 Å². The second kappa shape index (κ2) is 6.57. The van der Waals surface area contributed by atoms with Crippen molar-refractivity contribution in [2.75, 3.05) is 0 Å². The lowest BCUT2D eigenvalue weighted by Gasteiger charge is -2.40. The first-order valence-electron chi connectivity index (χ1n) is 9.67. The molecular weight excluding hydrogens is 314 g/mol. The summed E-state index contributed by atoms with van der Waals surface area (Å²) < 4.78 is 0. The lowest BCUT2D eigenvalue weighted by Crippen LogP contribution is -2.17. The Morgan fingerprint density at radius 2 is 1.30 bits per heavy atom. The maximum Gasteiger partial charge on any atom is -0.00592 e. The third kappa shape index (κ3) is 3.25. The van der Waals surface area contributed by atoms with E-state index in [1.807, 2.05) is 10.6 Å². The van der Waals surface area contributed by atoms with Crippen molar-refractivity contribution < 1.29 is 0 Å². The Kier molecular flexibility index (Phi) is 5.18. The summed E-state index contributed by atoms with van der Waals surface area (Å²) >= 11 is 0. The summed E-state index contributed by atoms with van der Waals surface area (Å²) in [5.41, 5.74) is 6.26. The second-order valence-corrected chi connectivity index (χ2v) is 15.5. The Hall–Kier alpha value is 0.340. The van der Waals surface area contributed by atoms with E-state index in [0.717, 1.165) is 17.0 Å². The van der Waals surface area contributed by atoms with Crippen molar-refractivity contribution in [1.29, 1.82) is 0 Å². The zero-order valence-electron chi connectivity index (χ0n) is 16.4. The molecule has 2 aliphatic heterocycles. The molecule has 2 saturated heterocycles. The van der Waals surface area contributed by atoms with E-state index in [9.17, 15) is 0 Å². The molecule has 0 amide bonds. The minimum atomic E-state index is 0.0547. The molecule has 23 heavy (non-hydrogen) atoms. The van der Waals surface area contributed by atoms with Crippen LogP contribution in [0, 0.1) is 0 Å². The average Bonchev–Trinajstić information content (AvgIpc) is 2.93. The minimum Gasteiger partial charge on any atom is -0.0733 e. The Morgan fingerprint density at radius 1 is 0.783 bits per heavy atom. The monoisotopic (exact) mass is 350 g/mol. The van der Waals surface area contributed by atoms with Crippen molar-refractivity contribution >= 4 is 15.8 Å². The Morgan fingerprint density at radius 3 is 1.78 bits per heavy atom. The van der Waals surface area contributed by atoms with Gasteiger partial charge in [-0.25, -0.2) is 0 Å². The Bertz CT molecular complexity index is 530. The number of allylic oxidation sites excluding steroid dienone is 4. The van der Waals surface area contributed by atoms with E-state index in [0.29, 0.717) is 5.16 Å². The molecule has 2 fully saturated rings. The van der Waals surface area contributed by atoms with Gasteiger partial charge in [-0.05, 0) is 85.1 Å². The van der Waals surface area contributed by atoms with Crippen molar-refractivity contribution in [1.82, 2.24) is 0 Å². The third-order valence-corrected chi connectivity index (χ3v) is 14.1. The zero-order valence-corrected chi connectivity index (χ0v) is 18.2. The van der Waals surface area contributed by atoms with Gasteiger partial charge in [0.05, 0.1) is 0 Å². The summed E-state index contributed by atoms with van der Waals surface area (Å²) in [5.74, 6) is 0. The molecule has 0 nitrogen and oxygen atoms in total. The van der Waals surface area contributed by atoms with E-state index in [1.54, 1.807) is 11.1 Å². The normalized spacial score (nSPS) is 38.7. The van der Waals surface area contributed by atoms with E-state index >= 15 is 0 Å². The molecule has 0 spiro atoms. The van der Waals surface area contributed by atoms with Crippen LogP contribution in [0.5, 0.6) is 0 Å². The lowest BCUT2D eigenvalue weighted by atomic mass is 9.99. The van der Waals surface area contributed by atoms with E-state index in [4.69, 9.17) is 0 Å². The van der Waals surface area contributed by atoms with E-state index < -0.39 is 0 Å². The molecule has 4 atom stereocenters. The van der Waals surface area contributed by atoms with Crippen LogP contribution in [-0.4, -0.2) is 22.1 Å². The van der Waals surface area contributed by atoms with Gasteiger partial charge in [0, 0.05) is 0 Å². The highest BCUT2D eigenvalue weighted by Crippen LogP contribution is 2.74. The van der Waals surface area contributed by atoms with Crippen molar-refractivity contribution in [2.24, 2.45) is 0 Å². The summed E-state index contributed by atoms with van der Waals surface area (Å²) in [4.78, 5) is 0. The largest absolute Gasteiger partial charge is 0.0733 e. The molecule has 0 bridgehead atoms. The van der Waals surface area contributed by atoms with Crippen molar-refractivity contribution in [3.05, 3.63) is 21.8 Å². The molecule has 0 radical (unpaired) electrons. The van der Waals surface area contributed by atoms with Crippen LogP contribution in [0.2, 0.25) is 0 Å². The molecule has 0 N–H and O–H groups in total. The van der Waals surface area contributed by atoms with Gasteiger partial charge in [0.2, 0.25) is 0 Å². The minimum absolute atomic E-state index is 0.0547. The highest BCUT2D eigenvalue weighted by Gasteiger charge is 2.44. The van der Waals surface area contributed by atoms with Gasteiger partial charge >= 0.3 is 0 Å². The summed E-state index contributed by atoms with van der Waals surface area (Å²) in [6, 6.07) is 0. The molecule has 0 saturated carbocycles. The van der Waals surface area contributed by atoms with Gasteiger partial charge in [0.1, 0.15) is 0 Å². The first-order chi connectivity index (χ1) is 10.7. The van der Waals surface area contributed by atoms with Gasteiger partial charge in [-0.1, -0.05) is 61.6 Å². The quantitative estimate of drug-likeness (QED) is 0.352. The first-order valence-corrected chi connectivity index (χ1v) is 12.6. The zero-order chi connectivity index (χ0) is 16.9. The van der Waals surface area contributed by atoms with E-state index in [-0.39, 0.29) is 15.8 Å². The van der Waals surface area contributed by atoms with Gasteiger partial charge in [-0.2, -0.15) is 0 Å². The summed E-state index contributed by atoms with van der Waals surface area (Å²) in [6.07, 6.45) is 8.49. The van der Waals surface area contributed by atoms with Crippen LogP contribution < -0.4 is 0 Å². The standard InChI is InChI=1S/C21H36P2/c1-14-12-19(22-16(3)8-9-17(22)4)20(13-15(14)2)23-18(5)10-11-21(23,6)7/h16-18H,8-13H2,1-7H3/t16-,17-,18-,23?/m0/s1. The van der Waals surface area contributed by atoms with Crippen molar-refractivity contribution in [3.63, 3.8) is 0 Å². The molecule has 1 unspecified atom stereocenters. The van der Waals surface area contributed by atoms with Crippen LogP contribution in [0.3, 0.4) is 0 Å². The highest BCUT2D eigenvalue weighted by molar-refractivity contribution is 7.68. The van der Waals surface area contributed by atoms with E-state index in [2.05, 4.69) is 48.5 Å². The topological polar surface area (TPSA) is 0 Å². The van der Waals surface area contributed by atoms with Crippen LogP contribution in [0.15, 0.2) is 21.8 Å². The maximum atomic E-state index is 2.57. The molecule has 3 rings (SSSR count). The number of rotatable bonds is 2. The van der Waals surface area contributed by atoms with Gasteiger partial charge < -0.3 is 0 Å². The predicted octanol–water partition coefficient (Wildman–Crippen LogP) is 7.82. The summed E-state index contributed by atoms with van der Waals surface area (Å²) in [5, 5.41) is 4.53. The number of hydrogen-bond acceptors (Lipinski definition) is 0. The van der Waals surface area contributed by atoms with Crippen LogP contribution in [0.1, 0.15) is 87.0 Å². The first kappa shape index (κ1) is 18.1. The molecule has 3 aliphatic rings. The van der Waals surface area contributed by atoms with Crippen LogP contribution in [-0.2, 0) is 0 Å². The third-order valence-electron chi connectivity index (χ3n) is 6.75. The molecule has 0 aromatic heterocycles. The van der Waals surface area contributed by atoms with Gasteiger partial charge in [-0.3, -0.25) is 0 Å². The predicted molar refractivity (Wildman–Crippen MR) is 109 cm³/mol. The fraction of sp³-hybridized carbons (Fsp3) is 0.810. The fourth-order valence-corrected chi connectivity index (χ4v) is 13.5. The molecule has 1 aliphatic carbocycles. The van der Waals surface area contributed by atoms with Crippen LogP contribution in [0.25, 0.3) is 0 Å². The summed E-state index contributed by atoms with van der Waals surface area (Å²) in [7, 11) is 0.169. The smallest absolute Gasteiger partial charge is 0.00592 e.